The number of ether oxygens (including phenoxy) is 4. The fourth-order valence-corrected chi connectivity index (χ4v) is 5.73. The summed E-state index contributed by atoms with van der Waals surface area (Å²) >= 11 is 1.02. The van der Waals surface area contributed by atoms with Gasteiger partial charge < -0.3 is 24.1 Å². The molecule has 10 nitrogen and oxygen atoms in total. The van der Waals surface area contributed by atoms with Crippen LogP contribution in [0, 0.1) is 6.92 Å². The summed E-state index contributed by atoms with van der Waals surface area (Å²) in [6.07, 6.45) is 0. The Morgan fingerprint density at radius 2 is 1.75 bits per heavy atom. The van der Waals surface area contributed by atoms with E-state index in [1.807, 2.05) is 13.8 Å². The van der Waals surface area contributed by atoms with Crippen LogP contribution in [-0.2, 0) is 9.59 Å². The minimum Gasteiger partial charge on any atom is -0.507 e. The predicted molar refractivity (Wildman–Crippen MR) is 148 cm³/mol. The fraction of sp³-hybridized carbons (Fsp3) is 0.310. The number of nitrogens with zero attached hydrogens (tertiary/aromatic N) is 2. The highest BCUT2D eigenvalue weighted by atomic mass is 32.1. The zero-order chi connectivity index (χ0) is 28.6. The summed E-state index contributed by atoms with van der Waals surface area (Å²) in [5.74, 6) is -0.487. The lowest BCUT2D eigenvalue weighted by atomic mass is 9.95. The van der Waals surface area contributed by atoms with Crippen molar-refractivity contribution in [2.75, 3.05) is 31.3 Å². The Morgan fingerprint density at radius 1 is 1.05 bits per heavy atom. The van der Waals surface area contributed by atoms with Crippen molar-refractivity contribution in [3.8, 4) is 23.0 Å². The van der Waals surface area contributed by atoms with Crippen LogP contribution < -0.4 is 23.8 Å². The Hall–Kier alpha value is -4.38. The van der Waals surface area contributed by atoms with Crippen molar-refractivity contribution in [2.24, 2.45) is 0 Å². The van der Waals surface area contributed by atoms with Crippen LogP contribution in [-0.4, -0.2) is 54.0 Å². The molecule has 0 radical (unpaired) electrons. The lowest BCUT2D eigenvalue weighted by Crippen LogP contribution is -2.29. The maximum Gasteiger partial charge on any atom is 0.301 e. The van der Waals surface area contributed by atoms with Gasteiger partial charge in [-0.2, -0.15) is 0 Å². The van der Waals surface area contributed by atoms with Gasteiger partial charge in [-0.05, 0) is 56.7 Å². The van der Waals surface area contributed by atoms with Crippen LogP contribution in [0.5, 0.6) is 23.0 Å². The Balaban J connectivity index is 1.71. The van der Waals surface area contributed by atoms with Crippen molar-refractivity contribution in [3.63, 3.8) is 0 Å². The van der Waals surface area contributed by atoms with Crippen LogP contribution >= 0.6 is 11.3 Å². The lowest BCUT2D eigenvalue weighted by molar-refractivity contribution is -0.132. The molecule has 0 aliphatic carbocycles. The predicted octanol–water partition coefficient (Wildman–Crippen LogP) is 4.85. The zero-order valence-electron chi connectivity index (χ0n) is 22.5. The summed E-state index contributed by atoms with van der Waals surface area (Å²) in [6, 6.07) is 8.83. The van der Waals surface area contributed by atoms with Gasteiger partial charge in [-0.15, -0.1) is 0 Å². The number of carbonyl (C=O) groups excluding carboxylic acids is 3. The van der Waals surface area contributed by atoms with E-state index in [-0.39, 0.29) is 27.8 Å². The SMILES string of the molecule is CCOc1ccc(C2C(=C(O)c3ccc4c(c3)OCCO4)C(=O)C(=O)N2c2nc(C)c(C(C)=O)s2)cc1OCC. The molecule has 1 saturated heterocycles. The number of anilines is 1. The number of amides is 1. The molecule has 1 N–H and O–H groups in total. The van der Waals surface area contributed by atoms with Gasteiger partial charge in [0.15, 0.2) is 33.9 Å². The molecular formula is C29H28N2O8S. The smallest absolute Gasteiger partial charge is 0.301 e. The number of ketones is 2. The molecule has 0 spiro atoms. The first-order valence-corrected chi connectivity index (χ1v) is 13.7. The number of carbonyl (C=O) groups is 3. The summed E-state index contributed by atoms with van der Waals surface area (Å²) in [6.45, 7) is 8.28. The molecule has 3 aromatic rings. The van der Waals surface area contributed by atoms with Crippen molar-refractivity contribution in [3.05, 3.63) is 63.7 Å². The maximum atomic E-state index is 13.6. The van der Waals surface area contributed by atoms with E-state index in [1.54, 1.807) is 43.3 Å². The quantitative estimate of drug-likeness (QED) is 0.177. The van der Waals surface area contributed by atoms with Crippen LogP contribution in [0.4, 0.5) is 5.13 Å². The topological polar surface area (TPSA) is 124 Å². The zero-order valence-corrected chi connectivity index (χ0v) is 23.3. The second kappa shape index (κ2) is 11.0. The molecule has 1 unspecified atom stereocenters. The molecule has 1 aromatic heterocycles. The number of hydrogen-bond acceptors (Lipinski definition) is 10. The molecule has 0 saturated carbocycles. The van der Waals surface area contributed by atoms with E-state index in [4.69, 9.17) is 18.9 Å². The number of aliphatic hydroxyl groups excluding tert-OH is 1. The van der Waals surface area contributed by atoms with Crippen LogP contribution in [0.1, 0.15) is 53.3 Å². The van der Waals surface area contributed by atoms with Gasteiger partial charge in [0.2, 0.25) is 0 Å². The van der Waals surface area contributed by atoms with Gasteiger partial charge in [0, 0.05) is 12.5 Å². The Morgan fingerprint density at radius 3 is 2.42 bits per heavy atom. The van der Waals surface area contributed by atoms with E-state index in [1.165, 1.54) is 11.8 Å². The van der Waals surface area contributed by atoms with Crippen molar-refractivity contribution < 1.29 is 38.4 Å². The number of rotatable bonds is 8. The fourth-order valence-electron chi connectivity index (χ4n) is 4.74. The molecule has 1 fully saturated rings. The van der Waals surface area contributed by atoms with Crippen LogP contribution in [0.3, 0.4) is 0 Å². The minimum atomic E-state index is -1.06. The Labute approximate surface area is 234 Å². The first-order chi connectivity index (χ1) is 19.2. The molecule has 5 rings (SSSR count). The third kappa shape index (κ3) is 4.77. The number of Topliss-reactive ketones (excluding diaryl/α,β-unsaturated/α-hetero) is 2. The molecule has 11 heteroatoms. The largest absolute Gasteiger partial charge is 0.507 e. The van der Waals surface area contributed by atoms with E-state index in [0.717, 1.165) is 11.3 Å². The molecule has 1 amide bonds. The highest BCUT2D eigenvalue weighted by Gasteiger charge is 2.48. The second-order valence-electron chi connectivity index (χ2n) is 9.07. The molecule has 40 heavy (non-hydrogen) atoms. The molecule has 1 atom stereocenters. The van der Waals surface area contributed by atoms with Gasteiger partial charge in [-0.25, -0.2) is 4.98 Å². The summed E-state index contributed by atoms with van der Waals surface area (Å²) < 4.78 is 22.7. The van der Waals surface area contributed by atoms with Crippen LogP contribution in [0.15, 0.2) is 42.0 Å². The number of thiazole rings is 1. The molecule has 2 aliphatic heterocycles. The van der Waals surface area contributed by atoms with Crippen molar-refractivity contribution in [1.82, 2.24) is 4.98 Å². The van der Waals surface area contributed by atoms with Crippen molar-refractivity contribution in [2.45, 2.75) is 33.7 Å². The molecule has 208 valence electrons. The summed E-state index contributed by atoms with van der Waals surface area (Å²) in [4.78, 5) is 45.4. The van der Waals surface area contributed by atoms with E-state index >= 15 is 0 Å². The number of hydrogen-bond donors (Lipinski definition) is 1. The summed E-state index contributed by atoms with van der Waals surface area (Å²) in [7, 11) is 0. The lowest BCUT2D eigenvalue weighted by Gasteiger charge is -2.24. The van der Waals surface area contributed by atoms with Gasteiger partial charge in [0.25, 0.3) is 5.78 Å². The number of fused-ring (bicyclic) bond motifs is 1. The molecule has 3 heterocycles. The first kappa shape index (κ1) is 27.2. The van der Waals surface area contributed by atoms with Gasteiger partial charge in [0.1, 0.15) is 19.0 Å². The van der Waals surface area contributed by atoms with E-state index in [9.17, 15) is 19.5 Å². The molecule has 2 aliphatic rings. The average molecular weight is 565 g/mol. The average Bonchev–Trinajstić information content (AvgIpc) is 3.45. The molecule has 2 aromatic carbocycles. The Kier molecular flexibility index (Phi) is 7.49. The van der Waals surface area contributed by atoms with Gasteiger partial charge in [-0.3, -0.25) is 19.3 Å². The number of aromatic nitrogens is 1. The van der Waals surface area contributed by atoms with Crippen molar-refractivity contribution >= 4 is 39.7 Å². The van der Waals surface area contributed by atoms with Crippen molar-refractivity contribution in [1.29, 1.82) is 0 Å². The van der Waals surface area contributed by atoms with Gasteiger partial charge in [0.05, 0.1) is 35.4 Å². The van der Waals surface area contributed by atoms with Gasteiger partial charge >= 0.3 is 5.91 Å². The monoisotopic (exact) mass is 564 g/mol. The highest BCUT2D eigenvalue weighted by molar-refractivity contribution is 7.18. The Bertz CT molecular complexity index is 1540. The molecule has 0 bridgehead atoms. The third-order valence-electron chi connectivity index (χ3n) is 6.45. The summed E-state index contributed by atoms with van der Waals surface area (Å²) in [5, 5.41) is 11.7. The van der Waals surface area contributed by atoms with E-state index in [0.29, 0.717) is 65.6 Å². The second-order valence-corrected chi connectivity index (χ2v) is 10.0. The number of aryl methyl sites for hydroxylation is 1. The summed E-state index contributed by atoms with van der Waals surface area (Å²) in [5.41, 5.74) is 1.08. The minimum absolute atomic E-state index is 0.134. The first-order valence-electron chi connectivity index (χ1n) is 12.8. The van der Waals surface area contributed by atoms with Crippen LogP contribution in [0.25, 0.3) is 5.76 Å². The standard InChI is InChI=1S/C29H28N2O8S/c1-5-36-19-9-7-17(13-21(19)37-6-2)24-23(25(33)18-8-10-20-22(14-18)39-12-11-38-20)26(34)28(35)31(24)29-30-15(3)27(40-29)16(4)32/h7-10,13-14,24,33H,5-6,11-12H2,1-4H3. The van der Waals surface area contributed by atoms with E-state index < -0.39 is 17.7 Å². The third-order valence-corrected chi connectivity index (χ3v) is 7.71. The van der Waals surface area contributed by atoms with Gasteiger partial charge in [-0.1, -0.05) is 17.4 Å². The normalized spacial score (nSPS) is 17.7. The molecular weight excluding hydrogens is 536 g/mol. The maximum absolute atomic E-state index is 13.6. The number of aliphatic hydroxyl groups is 1. The number of benzene rings is 2. The van der Waals surface area contributed by atoms with E-state index in [2.05, 4.69) is 4.98 Å². The van der Waals surface area contributed by atoms with Crippen LogP contribution in [0.2, 0.25) is 0 Å². The highest BCUT2D eigenvalue weighted by Crippen LogP contribution is 2.46.